The third-order valence-electron chi connectivity index (χ3n) is 16.4. The number of hydroxylamine groups is 2. The van der Waals surface area contributed by atoms with Gasteiger partial charge < -0.3 is 35.4 Å². The van der Waals surface area contributed by atoms with E-state index >= 15 is 0 Å². The Balaban J connectivity index is 1.23. The van der Waals surface area contributed by atoms with Crippen LogP contribution in [0.3, 0.4) is 0 Å². The standard InChI is InChI=1S/C57H92N6O8/c1-12-40(6)52(61(9)55(67)50(38(2)3)59-54(66)51(39(4)5)60(8)32-21-14-13-20-31-58)48(69-10)34-49(65)62-33-23-28-46(62)53(70-11)41(7)47(64)29-22-30-57(35-45(57)42-24-16-15-17-25-42)56(68)63-36-43-26-18-19-27-44(43)37-71-63/h15-19,24-27,38-41,45-46,48,50-53,56,68H,12-14,20-23,28-37,58H2,1-11H3,(H,59,66). The number of ketones is 1. The molecule has 14 heteroatoms. The summed E-state index contributed by atoms with van der Waals surface area (Å²) in [4.78, 5) is 69.2. The summed E-state index contributed by atoms with van der Waals surface area (Å²) in [5.74, 6) is -0.925. The molecule has 14 nitrogen and oxygen atoms in total. The van der Waals surface area contributed by atoms with Gasteiger partial charge in [-0.05, 0) is 105 Å². The number of carbonyl (C=O) groups is 4. The molecule has 1 aliphatic carbocycles. The van der Waals surface area contributed by atoms with Crippen LogP contribution in [-0.4, -0.2) is 139 Å². The summed E-state index contributed by atoms with van der Waals surface area (Å²) in [5.41, 5.74) is 8.68. The first-order valence-corrected chi connectivity index (χ1v) is 27.0. The molecule has 11 unspecified atom stereocenters. The Labute approximate surface area is 427 Å². The van der Waals surface area contributed by atoms with Crippen LogP contribution in [0.1, 0.15) is 148 Å². The number of fused-ring (bicyclic) bond motifs is 1. The first-order chi connectivity index (χ1) is 34.0. The van der Waals surface area contributed by atoms with E-state index in [9.17, 15) is 24.3 Å². The Kier molecular flexibility index (Phi) is 22.5. The molecule has 71 heavy (non-hydrogen) atoms. The predicted molar refractivity (Wildman–Crippen MR) is 280 cm³/mol. The van der Waals surface area contributed by atoms with E-state index in [1.54, 1.807) is 31.2 Å². The number of nitrogens with one attached hydrogen (secondary N) is 1. The van der Waals surface area contributed by atoms with Crippen molar-refractivity contribution in [3.63, 3.8) is 0 Å². The highest BCUT2D eigenvalue weighted by Gasteiger charge is 2.61. The van der Waals surface area contributed by atoms with Crippen LogP contribution in [0.4, 0.5) is 0 Å². The predicted octanol–water partition coefficient (Wildman–Crippen LogP) is 7.70. The molecule has 2 aliphatic heterocycles. The van der Waals surface area contributed by atoms with Crippen molar-refractivity contribution in [2.75, 3.05) is 47.9 Å². The molecule has 2 fully saturated rings. The summed E-state index contributed by atoms with van der Waals surface area (Å²) in [7, 11) is 6.97. The van der Waals surface area contributed by atoms with Crippen molar-refractivity contribution < 1.29 is 38.6 Å². The quantitative estimate of drug-likeness (QED) is 0.0657. The number of Topliss-reactive ketones (excluding diaryl/α,β-unsaturated/α-hetero) is 1. The second-order valence-electron chi connectivity index (χ2n) is 21.9. The molecule has 3 aliphatic rings. The lowest BCUT2D eigenvalue weighted by molar-refractivity contribution is -0.280. The van der Waals surface area contributed by atoms with E-state index < -0.39 is 47.9 Å². The van der Waals surface area contributed by atoms with E-state index in [0.29, 0.717) is 51.9 Å². The van der Waals surface area contributed by atoms with Crippen LogP contribution in [0.25, 0.3) is 0 Å². The highest BCUT2D eigenvalue weighted by atomic mass is 16.7. The summed E-state index contributed by atoms with van der Waals surface area (Å²) >= 11 is 0. The smallest absolute Gasteiger partial charge is 0.245 e. The molecule has 0 radical (unpaired) electrons. The molecule has 3 amide bonds. The number of aliphatic hydroxyl groups is 1. The van der Waals surface area contributed by atoms with E-state index in [4.69, 9.17) is 20.0 Å². The van der Waals surface area contributed by atoms with Gasteiger partial charge in [0, 0.05) is 45.6 Å². The van der Waals surface area contributed by atoms with E-state index in [2.05, 4.69) is 48.3 Å². The van der Waals surface area contributed by atoms with Gasteiger partial charge in [-0.25, -0.2) is 0 Å². The molecule has 5 rings (SSSR count). The van der Waals surface area contributed by atoms with Gasteiger partial charge in [0.05, 0.1) is 49.9 Å². The lowest BCUT2D eigenvalue weighted by Gasteiger charge is -2.41. The van der Waals surface area contributed by atoms with Crippen molar-refractivity contribution in [2.24, 2.45) is 34.8 Å². The molecule has 2 aromatic rings. The van der Waals surface area contributed by atoms with Crippen molar-refractivity contribution >= 4 is 23.5 Å². The molecule has 4 N–H and O–H groups in total. The van der Waals surface area contributed by atoms with Gasteiger partial charge in [-0.2, -0.15) is 5.06 Å². The van der Waals surface area contributed by atoms with Gasteiger partial charge in [-0.3, -0.25) is 28.9 Å². The van der Waals surface area contributed by atoms with Crippen LogP contribution in [0, 0.1) is 29.1 Å². The van der Waals surface area contributed by atoms with Gasteiger partial charge in [0.15, 0.2) is 0 Å². The molecule has 0 spiro atoms. The Hall–Kier alpha value is -3.76. The van der Waals surface area contributed by atoms with Crippen molar-refractivity contribution in [1.82, 2.24) is 25.1 Å². The van der Waals surface area contributed by atoms with E-state index in [1.807, 2.05) is 76.9 Å². The Bertz CT molecular complexity index is 1990. The molecule has 2 heterocycles. The number of likely N-dealkylation sites (N-methyl/N-ethyl adjacent to an activating group) is 2. The number of aliphatic hydroxyl groups excluding tert-OH is 1. The van der Waals surface area contributed by atoms with Crippen LogP contribution in [0.5, 0.6) is 0 Å². The number of nitrogens with two attached hydrogens (primary N) is 1. The molecule has 1 saturated heterocycles. The summed E-state index contributed by atoms with van der Waals surface area (Å²) in [6, 6.07) is 16.5. The first-order valence-electron chi connectivity index (χ1n) is 27.0. The summed E-state index contributed by atoms with van der Waals surface area (Å²) < 4.78 is 12.3. The highest BCUT2D eigenvalue weighted by Crippen LogP contribution is 2.65. The Morgan fingerprint density at radius 2 is 1.58 bits per heavy atom. The third kappa shape index (κ3) is 14.5. The Morgan fingerprint density at radius 3 is 2.21 bits per heavy atom. The van der Waals surface area contributed by atoms with E-state index in [1.165, 1.54) is 5.56 Å². The summed E-state index contributed by atoms with van der Waals surface area (Å²) in [6.07, 6.45) is 6.75. The maximum absolute atomic E-state index is 14.6. The number of unbranched alkanes of at least 4 members (excludes halogenated alkanes) is 3. The van der Waals surface area contributed by atoms with E-state index in [-0.39, 0.29) is 59.6 Å². The lowest BCUT2D eigenvalue weighted by Crippen LogP contribution is -2.60. The molecule has 11 atom stereocenters. The van der Waals surface area contributed by atoms with Crippen molar-refractivity contribution in [2.45, 2.75) is 187 Å². The SMILES string of the molecule is CCC(C)C(C(CC(=O)N1CCCC1C(OC)C(C)C(=O)CCCC1(C(O)N2Cc3ccccc3CO2)CC1c1ccccc1)OC)N(C)C(=O)C(NC(=O)C(C(C)C)N(C)CCCCCCN)C(C)C. The fraction of sp³-hybridized carbons (Fsp3) is 0.719. The fourth-order valence-electron chi connectivity index (χ4n) is 12.0. The second-order valence-corrected chi connectivity index (χ2v) is 21.9. The average molecular weight is 989 g/mol. The zero-order valence-corrected chi connectivity index (χ0v) is 45.3. The van der Waals surface area contributed by atoms with Crippen LogP contribution in [0.15, 0.2) is 54.6 Å². The lowest BCUT2D eigenvalue weighted by atomic mass is 9.86. The molecule has 0 aromatic heterocycles. The zero-order chi connectivity index (χ0) is 52.0. The maximum Gasteiger partial charge on any atom is 0.245 e. The number of rotatable bonds is 30. The van der Waals surface area contributed by atoms with Crippen LogP contribution >= 0.6 is 0 Å². The number of methoxy groups -OCH3 is 2. The molecule has 2 aromatic carbocycles. The third-order valence-corrected chi connectivity index (χ3v) is 16.4. The first kappa shape index (κ1) is 58.1. The average Bonchev–Trinajstić information content (AvgIpc) is 3.90. The minimum absolute atomic E-state index is 0.0271. The molecular formula is C57H92N6O8. The van der Waals surface area contributed by atoms with Gasteiger partial charge in [-0.1, -0.05) is 122 Å². The van der Waals surface area contributed by atoms with Gasteiger partial charge in [0.2, 0.25) is 17.7 Å². The van der Waals surface area contributed by atoms with Gasteiger partial charge in [-0.15, -0.1) is 0 Å². The number of amides is 3. The van der Waals surface area contributed by atoms with Crippen molar-refractivity contribution in [3.8, 4) is 0 Å². The monoisotopic (exact) mass is 989 g/mol. The molecular weight excluding hydrogens is 897 g/mol. The fourth-order valence-corrected chi connectivity index (χ4v) is 12.0. The van der Waals surface area contributed by atoms with Gasteiger partial charge in [0.1, 0.15) is 18.1 Å². The second kappa shape index (κ2) is 27.5. The normalized spacial score (nSPS) is 22.6. The molecule has 1 saturated carbocycles. The number of nitrogens with zero attached hydrogens (tertiary/aromatic N) is 4. The maximum atomic E-state index is 14.6. The molecule has 0 bridgehead atoms. The molecule has 398 valence electrons. The minimum atomic E-state index is -0.842. The Morgan fingerprint density at radius 1 is 0.901 bits per heavy atom. The summed E-state index contributed by atoms with van der Waals surface area (Å²) in [5, 5.41) is 16.9. The summed E-state index contributed by atoms with van der Waals surface area (Å²) in [6.45, 7) is 16.9. The number of hydrogen-bond donors (Lipinski definition) is 3. The van der Waals surface area contributed by atoms with Crippen molar-refractivity contribution in [1.29, 1.82) is 0 Å². The number of hydrogen-bond acceptors (Lipinski definition) is 11. The van der Waals surface area contributed by atoms with Gasteiger partial charge in [0.25, 0.3) is 0 Å². The largest absolute Gasteiger partial charge is 0.379 e. The highest BCUT2D eigenvalue weighted by molar-refractivity contribution is 5.90. The van der Waals surface area contributed by atoms with Gasteiger partial charge >= 0.3 is 0 Å². The minimum Gasteiger partial charge on any atom is -0.379 e. The van der Waals surface area contributed by atoms with E-state index in [0.717, 1.165) is 62.6 Å². The number of benzene rings is 2. The van der Waals surface area contributed by atoms with Crippen LogP contribution < -0.4 is 11.1 Å². The topological polar surface area (TPSA) is 167 Å². The van der Waals surface area contributed by atoms with Crippen LogP contribution in [0.2, 0.25) is 0 Å². The van der Waals surface area contributed by atoms with Crippen LogP contribution in [-0.2, 0) is 46.6 Å². The number of carbonyl (C=O) groups excluding carboxylic acids is 4. The number of ether oxygens (including phenoxy) is 2. The van der Waals surface area contributed by atoms with Crippen molar-refractivity contribution in [3.05, 3.63) is 71.3 Å². The zero-order valence-electron chi connectivity index (χ0n) is 45.3. The number of likely N-dealkylation sites (tertiary alicyclic amines) is 1.